The highest BCUT2D eigenvalue weighted by Crippen LogP contribution is 2.37. The van der Waals surface area contributed by atoms with Gasteiger partial charge < -0.3 is 4.90 Å². The topological polar surface area (TPSA) is 4.44 Å². The van der Waals surface area contributed by atoms with E-state index in [4.69, 9.17) is 0 Å². The van der Waals surface area contributed by atoms with Gasteiger partial charge in [0.15, 0.2) is 64.0 Å². The molecule has 0 bridgehead atoms. The van der Waals surface area contributed by atoms with Gasteiger partial charge >= 0.3 is 6.18 Å². The van der Waals surface area contributed by atoms with Crippen molar-refractivity contribution in [2.75, 3.05) is 19.6 Å². The molecule has 0 fully saturated rings. The van der Waals surface area contributed by atoms with Crippen molar-refractivity contribution in [2.45, 2.75) is 26.9 Å². The van der Waals surface area contributed by atoms with Gasteiger partial charge in [-0.05, 0) is 20.8 Å². The molecule has 24 heteroatoms. The smallest absolute Gasteiger partial charge is 0.336 e. The Morgan fingerprint density at radius 1 is 0.309 bits per heavy atom. The molecule has 1 nitrogen and oxygen atoms in total. The summed E-state index contributed by atoms with van der Waals surface area (Å²) in [5.74, 6) is -71.3. The van der Waals surface area contributed by atoms with Crippen LogP contribution in [0, 0.1) is 111 Å². The van der Waals surface area contributed by atoms with E-state index in [1.54, 1.807) is 4.90 Å². The Morgan fingerprint density at radius 3 is 0.618 bits per heavy atom. The Balaban J connectivity index is 0.00000106. The zero-order valence-corrected chi connectivity index (χ0v) is 27.0. The summed E-state index contributed by atoms with van der Waals surface area (Å²) in [6.07, 6.45) is -14.1. The van der Waals surface area contributed by atoms with Crippen LogP contribution in [-0.2, 0) is 6.18 Å². The van der Waals surface area contributed by atoms with E-state index in [9.17, 15) is 61.5 Å². The van der Waals surface area contributed by atoms with Crippen molar-refractivity contribution in [1.29, 1.82) is 0 Å². The van der Waals surface area contributed by atoms with Crippen molar-refractivity contribution in [3.8, 4) is 0 Å². The van der Waals surface area contributed by atoms with E-state index in [-0.39, 0.29) is 0 Å². The Hall–Kier alpha value is -4.64. The normalized spacial score (nSPS) is 12.1. The number of alkyl halides is 3. The zero-order chi connectivity index (χ0) is 42.6. The third kappa shape index (κ3) is 6.83. The van der Waals surface area contributed by atoms with Gasteiger partial charge in [-0.1, -0.05) is 0 Å². The first kappa shape index (κ1) is 44.8. The second-order valence-corrected chi connectivity index (χ2v) is 11.2. The first-order valence-electron chi connectivity index (χ1n) is 14.7. The molecule has 0 aliphatic rings. The van der Waals surface area contributed by atoms with Gasteiger partial charge in [0.2, 0.25) is 0 Å². The molecule has 0 aromatic heterocycles. The number of halogens is 22. The number of hydrogen-bond acceptors (Lipinski definition) is 0. The largest absolute Gasteiger partial charge is 0.422 e. The van der Waals surface area contributed by atoms with E-state index in [1.165, 1.54) is 19.6 Å². The van der Waals surface area contributed by atoms with Crippen LogP contribution in [0.25, 0.3) is 0 Å². The lowest BCUT2D eigenvalue weighted by Crippen LogP contribution is -3.11. The molecular weight excluding hydrogens is 815 g/mol. The van der Waals surface area contributed by atoms with Crippen LogP contribution in [0.15, 0.2) is 0 Å². The van der Waals surface area contributed by atoms with Gasteiger partial charge in [-0.2, -0.15) is 13.2 Å². The molecule has 0 atom stereocenters. The van der Waals surface area contributed by atoms with E-state index < -0.39 is 150 Å². The van der Waals surface area contributed by atoms with Gasteiger partial charge in [0.25, 0.3) is 0 Å². The maximum absolute atomic E-state index is 15.6. The highest BCUT2D eigenvalue weighted by Gasteiger charge is 2.53. The van der Waals surface area contributed by atoms with Gasteiger partial charge in [0.1, 0.15) is 58.2 Å². The summed E-state index contributed by atoms with van der Waals surface area (Å²) in [5, 5.41) is 0. The Labute approximate surface area is 292 Å². The predicted molar refractivity (Wildman–Crippen MR) is 147 cm³/mol. The van der Waals surface area contributed by atoms with Gasteiger partial charge in [0.05, 0.1) is 19.6 Å². The average molecular weight is 831 g/mol. The summed E-state index contributed by atoms with van der Waals surface area (Å²) in [6.45, 7) is 10.5. The lowest BCUT2D eigenvalue weighted by atomic mass is 9.12. The molecule has 4 rings (SSSR count). The maximum Gasteiger partial charge on any atom is 0.422 e. The van der Waals surface area contributed by atoms with Gasteiger partial charge in [-0.3, -0.25) is 0 Å². The van der Waals surface area contributed by atoms with Crippen LogP contribution < -0.4 is 26.8 Å². The minimum absolute atomic E-state index is 1.27. The second-order valence-electron chi connectivity index (χ2n) is 11.2. The molecule has 302 valence electrons. The van der Waals surface area contributed by atoms with Crippen LogP contribution in [-0.4, -0.2) is 25.8 Å². The predicted octanol–water partition coefficient (Wildman–Crippen LogP) is 6.66. The van der Waals surface area contributed by atoms with Crippen molar-refractivity contribution in [2.24, 2.45) is 0 Å². The van der Waals surface area contributed by atoms with Crippen LogP contribution in [0.3, 0.4) is 0 Å². The molecule has 4 aromatic carbocycles. The summed E-state index contributed by atoms with van der Waals surface area (Å²) in [6, 6.07) is 0. The summed E-state index contributed by atoms with van der Waals surface area (Å²) in [5.41, 5.74) is -18.8. The fourth-order valence-corrected chi connectivity index (χ4v) is 5.90. The van der Waals surface area contributed by atoms with Crippen molar-refractivity contribution in [3.05, 3.63) is 116 Å². The molecule has 55 heavy (non-hydrogen) atoms. The number of benzene rings is 4. The molecule has 0 heterocycles. The molecule has 4 aromatic rings. The van der Waals surface area contributed by atoms with Gasteiger partial charge in [0, 0.05) is 0 Å². The van der Waals surface area contributed by atoms with Crippen LogP contribution in [0.2, 0.25) is 0 Å². The Morgan fingerprint density at radius 2 is 0.473 bits per heavy atom. The minimum atomic E-state index is -7.46. The number of quaternary nitrogens is 1. The summed E-state index contributed by atoms with van der Waals surface area (Å²) in [7, 11) is 0. The van der Waals surface area contributed by atoms with E-state index >= 15 is 35.1 Å². The molecule has 0 amide bonds. The van der Waals surface area contributed by atoms with Crippen LogP contribution >= 0.6 is 0 Å². The molecule has 0 saturated carbocycles. The standard InChI is InChI=1S/C25BF22.C6H15N/c27-6-1(25(46,47)48)7(28)9(30)2(8(6)29)26(3-10(31)16(37)22(43)17(38)11(3)32,4-12(33)18(39)23(44)19(40)13(4)34)5-14(35)20(41)24(45)21(42)15(5)36;1-4-7(5-2)6-3/h;4-6H2,1-3H3/q-1;/p+1. The molecule has 0 aliphatic carbocycles. The maximum atomic E-state index is 15.6. The molecule has 0 spiro atoms. The van der Waals surface area contributed by atoms with Crippen molar-refractivity contribution in [3.63, 3.8) is 0 Å². The fraction of sp³-hybridized carbons (Fsp3) is 0.226. The molecule has 0 radical (unpaired) electrons. The average Bonchev–Trinajstić information content (AvgIpc) is 3.12. The van der Waals surface area contributed by atoms with Crippen LogP contribution in [0.4, 0.5) is 96.6 Å². The van der Waals surface area contributed by atoms with Crippen molar-refractivity contribution >= 4 is 28.0 Å². The van der Waals surface area contributed by atoms with Crippen LogP contribution in [0.1, 0.15) is 26.3 Å². The number of hydrogen-bond donors (Lipinski definition) is 1. The Bertz CT molecular complexity index is 1890. The van der Waals surface area contributed by atoms with Gasteiger partial charge in [-0.15, -0.1) is 21.9 Å². The highest BCUT2D eigenvalue weighted by atomic mass is 19.4. The quantitative estimate of drug-likeness (QED) is 0.0922. The Kier molecular flexibility index (Phi) is 12.9. The minimum Gasteiger partial charge on any atom is -0.336 e. The van der Waals surface area contributed by atoms with Gasteiger partial charge in [-0.25, -0.2) is 83.4 Å². The van der Waals surface area contributed by atoms with Crippen molar-refractivity contribution in [1.82, 2.24) is 0 Å². The monoisotopic (exact) mass is 831 g/mol. The SMILES string of the molecule is CC[NH+](CC)CC.Fc1c(F)c(F)c([B-](c2c(F)c(F)c(F)c(F)c2F)(c2c(F)c(F)c(F)c(F)c2F)c2c(F)c(F)c(C(F)(F)F)c(F)c2F)c(F)c1F. The summed E-state index contributed by atoms with van der Waals surface area (Å²) < 4.78 is 322. The first-order valence-corrected chi connectivity index (χ1v) is 14.7. The lowest BCUT2D eigenvalue weighted by Gasteiger charge is -2.45. The third-order valence-electron chi connectivity index (χ3n) is 8.54. The van der Waals surface area contributed by atoms with E-state index in [1.807, 2.05) is 0 Å². The molecule has 0 saturated heterocycles. The molecule has 0 unspecified atom stereocenters. The molecule has 1 N–H and O–H groups in total. The van der Waals surface area contributed by atoms with E-state index in [2.05, 4.69) is 20.8 Å². The lowest BCUT2D eigenvalue weighted by molar-refractivity contribution is -0.894. The number of rotatable bonds is 7. The second kappa shape index (κ2) is 15.8. The zero-order valence-electron chi connectivity index (χ0n) is 27.0. The first-order chi connectivity index (χ1) is 25.3. The van der Waals surface area contributed by atoms with E-state index in [0.717, 1.165) is 0 Å². The molecule has 0 aliphatic heterocycles. The summed E-state index contributed by atoms with van der Waals surface area (Å²) >= 11 is 0. The van der Waals surface area contributed by atoms with E-state index in [0.29, 0.717) is 0 Å². The summed E-state index contributed by atoms with van der Waals surface area (Å²) in [4.78, 5) is 1.68. The molecular formula is C31H16BF22N. The van der Waals surface area contributed by atoms with Crippen molar-refractivity contribution < 1.29 is 101 Å². The fourth-order valence-electron chi connectivity index (χ4n) is 5.90. The number of nitrogens with one attached hydrogen (secondary N) is 1. The van der Waals surface area contributed by atoms with Crippen LogP contribution in [0.5, 0.6) is 0 Å². The highest BCUT2D eigenvalue weighted by molar-refractivity contribution is 7.20. The third-order valence-corrected chi connectivity index (χ3v) is 8.54.